The fourth-order valence-electron chi connectivity index (χ4n) is 2.50. The molecule has 1 saturated carbocycles. The van der Waals surface area contributed by atoms with Gasteiger partial charge in [-0.2, -0.15) is 0 Å². The van der Waals surface area contributed by atoms with Crippen molar-refractivity contribution >= 4 is 18.3 Å². The van der Waals surface area contributed by atoms with E-state index in [0.29, 0.717) is 6.54 Å². The molecule has 3 atom stereocenters. The molecule has 1 amide bonds. The minimum absolute atomic E-state index is 0. The van der Waals surface area contributed by atoms with Gasteiger partial charge in [0, 0.05) is 18.5 Å². The van der Waals surface area contributed by atoms with E-state index in [0.717, 1.165) is 30.4 Å². The van der Waals surface area contributed by atoms with Crippen molar-refractivity contribution < 1.29 is 9.90 Å². The lowest BCUT2D eigenvalue weighted by Crippen LogP contribution is -2.29. The van der Waals surface area contributed by atoms with Crippen molar-refractivity contribution in [3.63, 3.8) is 0 Å². The normalized spacial score (nSPS) is 22.9. The molecule has 1 aromatic carbocycles. The number of carbonyl (C=O) groups is 1. The van der Waals surface area contributed by atoms with E-state index in [1.54, 1.807) is 6.92 Å². The van der Waals surface area contributed by atoms with E-state index < -0.39 is 6.10 Å². The van der Waals surface area contributed by atoms with Gasteiger partial charge in [-0.05, 0) is 37.3 Å². The fourth-order valence-corrected chi connectivity index (χ4v) is 2.50. The van der Waals surface area contributed by atoms with E-state index in [1.165, 1.54) is 0 Å². The van der Waals surface area contributed by atoms with Crippen LogP contribution in [0.2, 0.25) is 0 Å². The van der Waals surface area contributed by atoms with E-state index in [-0.39, 0.29) is 30.3 Å². The Morgan fingerprint density at radius 2 is 2.05 bits per heavy atom. The molecule has 0 radical (unpaired) electrons. The summed E-state index contributed by atoms with van der Waals surface area (Å²) in [6.45, 7) is 2.27. The zero-order valence-electron chi connectivity index (χ0n) is 11.7. The first-order valence-electron chi connectivity index (χ1n) is 6.86. The van der Waals surface area contributed by atoms with Crippen LogP contribution in [0.3, 0.4) is 0 Å². The molecule has 1 aromatic rings. The van der Waals surface area contributed by atoms with Crippen molar-refractivity contribution in [2.75, 3.05) is 0 Å². The van der Waals surface area contributed by atoms with Gasteiger partial charge in [0.2, 0.25) is 5.91 Å². The molecule has 0 bridgehead atoms. The van der Waals surface area contributed by atoms with E-state index in [9.17, 15) is 9.90 Å². The third-order valence-electron chi connectivity index (χ3n) is 3.77. The van der Waals surface area contributed by atoms with E-state index in [4.69, 9.17) is 5.73 Å². The molecule has 0 spiro atoms. The summed E-state index contributed by atoms with van der Waals surface area (Å²) in [5.41, 5.74) is 7.74. The summed E-state index contributed by atoms with van der Waals surface area (Å²) in [5, 5.41) is 12.4. The van der Waals surface area contributed by atoms with Crippen LogP contribution in [0.4, 0.5) is 0 Å². The molecule has 20 heavy (non-hydrogen) atoms. The summed E-state index contributed by atoms with van der Waals surface area (Å²) in [4.78, 5) is 11.9. The van der Waals surface area contributed by atoms with Gasteiger partial charge < -0.3 is 16.2 Å². The van der Waals surface area contributed by atoms with Crippen LogP contribution in [-0.2, 0) is 11.3 Å². The summed E-state index contributed by atoms with van der Waals surface area (Å²) in [6, 6.07) is 7.82. The maximum absolute atomic E-state index is 11.9. The second-order valence-electron chi connectivity index (χ2n) is 5.41. The van der Waals surface area contributed by atoms with Gasteiger partial charge in [0.05, 0.1) is 6.10 Å². The van der Waals surface area contributed by atoms with E-state index in [1.807, 2.05) is 24.3 Å². The quantitative estimate of drug-likeness (QED) is 0.795. The third kappa shape index (κ3) is 4.47. The highest BCUT2D eigenvalue weighted by Crippen LogP contribution is 2.24. The van der Waals surface area contributed by atoms with Crippen LogP contribution in [-0.4, -0.2) is 17.1 Å². The Balaban J connectivity index is 0.00000200. The molecule has 4 N–H and O–H groups in total. The maximum Gasteiger partial charge on any atom is 0.223 e. The maximum atomic E-state index is 11.9. The molecule has 112 valence electrons. The molecule has 0 aromatic heterocycles. The fraction of sp³-hybridized carbons (Fsp3) is 0.533. The molecular weight excluding hydrogens is 276 g/mol. The summed E-state index contributed by atoms with van der Waals surface area (Å²) in [7, 11) is 0. The largest absolute Gasteiger partial charge is 0.389 e. The highest BCUT2D eigenvalue weighted by atomic mass is 35.5. The molecule has 1 aliphatic carbocycles. The molecule has 0 heterocycles. The number of hydrogen-bond acceptors (Lipinski definition) is 3. The first kappa shape index (κ1) is 17.0. The van der Waals surface area contributed by atoms with Gasteiger partial charge in [-0.1, -0.05) is 24.3 Å². The lowest BCUT2D eigenvalue weighted by atomic mass is 10.1. The minimum Gasteiger partial charge on any atom is -0.389 e. The smallest absolute Gasteiger partial charge is 0.223 e. The molecule has 2 rings (SSSR count). The number of halogens is 1. The molecule has 1 aliphatic rings. The number of benzene rings is 1. The lowest BCUT2D eigenvalue weighted by Gasteiger charge is -2.11. The molecule has 0 saturated heterocycles. The Morgan fingerprint density at radius 3 is 2.55 bits per heavy atom. The standard InChI is InChI=1S/C15H22N2O2.ClH/c1-10(18)12-4-2-11(3-5-12)9-17-15(19)13-6-7-14(16)8-13;/h2-5,10,13-14,18H,6-9,16H2,1H3,(H,17,19);1H. The summed E-state index contributed by atoms with van der Waals surface area (Å²) in [6.07, 6.45) is 2.19. The van der Waals surface area contributed by atoms with Crippen molar-refractivity contribution in [1.82, 2.24) is 5.32 Å². The van der Waals surface area contributed by atoms with Crippen LogP contribution < -0.4 is 11.1 Å². The molecule has 5 heteroatoms. The Kier molecular flexibility index (Phi) is 6.46. The van der Waals surface area contributed by atoms with Crippen molar-refractivity contribution in [3.05, 3.63) is 35.4 Å². The zero-order valence-corrected chi connectivity index (χ0v) is 12.5. The van der Waals surface area contributed by atoms with Crippen LogP contribution in [0.5, 0.6) is 0 Å². The van der Waals surface area contributed by atoms with Gasteiger partial charge in [0.25, 0.3) is 0 Å². The molecule has 0 aliphatic heterocycles. The second-order valence-corrected chi connectivity index (χ2v) is 5.41. The first-order chi connectivity index (χ1) is 9.06. The topological polar surface area (TPSA) is 75.3 Å². The number of amides is 1. The Labute approximate surface area is 126 Å². The number of nitrogens with two attached hydrogens (primary N) is 1. The summed E-state index contributed by atoms with van der Waals surface area (Å²) in [5.74, 6) is 0.180. The van der Waals surface area contributed by atoms with Gasteiger partial charge >= 0.3 is 0 Å². The summed E-state index contributed by atoms with van der Waals surface area (Å²) >= 11 is 0. The average molecular weight is 299 g/mol. The number of nitrogens with one attached hydrogen (secondary N) is 1. The Bertz CT molecular complexity index is 434. The van der Waals surface area contributed by atoms with E-state index >= 15 is 0 Å². The number of aliphatic hydroxyl groups excluding tert-OH is 1. The van der Waals surface area contributed by atoms with Crippen LogP contribution in [0.1, 0.15) is 43.4 Å². The number of aliphatic hydroxyl groups is 1. The van der Waals surface area contributed by atoms with Crippen molar-refractivity contribution in [1.29, 1.82) is 0 Å². The predicted molar refractivity (Wildman–Crippen MR) is 81.5 cm³/mol. The lowest BCUT2D eigenvalue weighted by molar-refractivity contribution is -0.125. The Morgan fingerprint density at radius 1 is 1.40 bits per heavy atom. The third-order valence-corrected chi connectivity index (χ3v) is 3.77. The second kappa shape index (κ2) is 7.62. The van der Waals surface area contributed by atoms with Gasteiger partial charge in [0.1, 0.15) is 0 Å². The van der Waals surface area contributed by atoms with Gasteiger partial charge in [-0.25, -0.2) is 0 Å². The monoisotopic (exact) mass is 298 g/mol. The van der Waals surface area contributed by atoms with Crippen LogP contribution in [0.25, 0.3) is 0 Å². The highest BCUT2D eigenvalue weighted by molar-refractivity contribution is 5.85. The van der Waals surface area contributed by atoms with Crippen molar-refractivity contribution in [2.45, 2.75) is 44.9 Å². The predicted octanol–water partition coefficient (Wildman–Crippen LogP) is 1.91. The molecule has 3 unspecified atom stereocenters. The van der Waals surface area contributed by atoms with E-state index in [2.05, 4.69) is 5.32 Å². The number of rotatable bonds is 4. The average Bonchev–Trinajstić information content (AvgIpc) is 2.83. The van der Waals surface area contributed by atoms with Gasteiger partial charge in [-0.15, -0.1) is 12.4 Å². The highest BCUT2D eigenvalue weighted by Gasteiger charge is 2.27. The zero-order chi connectivity index (χ0) is 13.8. The number of hydrogen-bond donors (Lipinski definition) is 3. The van der Waals surface area contributed by atoms with Crippen molar-refractivity contribution in [3.8, 4) is 0 Å². The SMILES string of the molecule is CC(O)c1ccc(CNC(=O)C2CCC(N)C2)cc1.Cl. The molecular formula is C15H23ClN2O2. The van der Waals surface area contributed by atoms with Crippen LogP contribution >= 0.6 is 12.4 Å². The van der Waals surface area contributed by atoms with Gasteiger partial charge in [-0.3, -0.25) is 4.79 Å². The molecule has 1 fully saturated rings. The first-order valence-corrected chi connectivity index (χ1v) is 6.86. The van der Waals surface area contributed by atoms with Crippen LogP contribution in [0, 0.1) is 5.92 Å². The summed E-state index contributed by atoms with van der Waals surface area (Å²) < 4.78 is 0. The Hall–Kier alpha value is -1.10. The molecule has 4 nitrogen and oxygen atoms in total. The number of carbonyl (C=O) groups excluding carboxylic acids is 1. The van der Waals surface area contributed by atoms with Crippen LogP contribution in [0.15, 0.2) is 24.3 Å². The van der Waals surface area contributed by atoms with Crippen molar-refractivity contribution in [2.24, 2.45) is 11.7 Å². The van der Waals surface area contributed by atoms with Gasteiger partial charge in [0.15, 0.2) is 0 Å². The minimum atomic E-state index is -0.455.